The van der Waals surface area contributed by atoms with Gasteiger partial charge in [-0.1, -0.05) is 18.2 Å². The minimum atomic E-state index is -2.61. The average molecular weight is 284 g/mol. The molecule has 0 spiro atoms. The Bertz CT molecular complexity index is 490. The summed E-state index contributed by atoms with van der Waals surface area (Å²) in [6.45, 7) is 0.207. The van der Waals surface area contributed by atoms with Crippen LogP contribution < -0.4 is 0 Å². The molecule has 0 unspecified atom stereocenters. The van der Waals surface area contributed by atoms with Crippen molar-refractivity contribution >= 4 is 5.97 Å². The van der Waals surface area contributed by atoms with Gasteiger partial charge in [-0.3, -0.25) is 0 Å². The predicted octanol–water partition coefficient (Wildman–Crippen LogP) is 3.82. The molecule has 1 fully saturated rings. The van der Waals surface area contributed by atoms with E-state index in [-0.39, 0.29) is 30.9 Å². The molecule has 0 aromatic heterocycles. The van der Waals surface area contributed by atoms with Crippen molar-refractivity contribution in [3.8, 4) is 0 Å². The third-order valence-corrected chi connectivity index (χ3v) is 3.85. The zero-order chi connectivity index (χ0) is 14.8. The molecule has 110 valence electrons. The number of carbonyl (C=O) groups is 1. The zero-order valence-electron chi connectivity index (χ0n) is 11.4. The lowest BCUT2D eigenvalue weighted by Crippen LogP contribution is -2.24. The minimum absolute atomic E-state index is 0.113. The van der Waals surface area contributed by atoms with Crippen LogP contribution in [0.15, 0.2) is 18.2 Å². The molecule has 1 aromatic rings. The number of ether oxygens (including phenoxy) is 1. The Balaban J connectivity index is 2.32. The summed E-state index contributed by atoms with van der Waals surface area (Å²) in [7, 11) is 1.50. The molecule has 0 radical (unpaired) electrons. The average Bonchev–Trinajstić information content (AvgIpc) is 2.38. The van der Waals surface area contributed by atoms with Crippen molar-refractivity contribution in [1.29, 1.82) is 0 Å². The van der Waals surface area contributed by atoms with Crippen molar-refractivity contribution < 1.29 is 23.4 Å². The van der Waals surface area contributed by atoms with Crippen molar-refractivity contribution in [3.05, 3.63) is 34.9 Å². The van der Waals surface area contributed by atoms with Gasteiger partial charge in [-0.05, 0) is 29.9 Å². The van der Waals surface area contributed by atoms with E-state index in [1.54, 1.807) is 18.2 Å². The van der Waals surface area contributed by atoms with Crippen LogP contribution in [0.4, 0.5) is 8.78 Å². The fourth-order valence-electron chi connectivity index (χ4n) is 2.85. The molecule has 5 heteroatoms. The van der Waals surface area contributed by atoms with Gasteiger partial charge in [-0.15, -0.1) is 0 Å². The van der Waals surface area contributed by atoms with E-state index in [2.05, 4.69) is 0 Å². The molecule has 3 nitrogen and oxygen atoms in total. The van der Waals surface area contributed by atoms with Gasteiger partial charge >= 0.3 is 5.97 Å². The van der Waals surface area contributed by atoms with Crippen LogP contribution in [0.25, 0.3) is 0 Å². The number of rotatable bonds is 4. The summed E-state index contributed by atoms with van der Waals surface area (Å²) < 4.78 is 31.4. The van der Waals surface area contributed by atoms with Crippen LogP contribution in [0.3, 0.4) is 0 Å². The van der Waals surface area contributed by atoms with Gasteiger partial charge < -0.3 is 9.84 Å². The summed E-state index contributed by atoms with van der Waals surface area (Å²) in [5, 5.41) is 9.40. The second-order valence-electron chi connectivity index (χ2n) is 5.25. The molecule has 0 atom stereocenters. The first-order valence-corrected chi connectivity index (χ1v) is 6.66. The van der Waals surface area contributed by atoms with Crippen LogP contribution in [0.2, 0.25) is 0 Å². The number of benzene rings is 1. The van der Waals surface area contributed by atoms with Crippen LogP contribution >= 0.6 is 0 Å². The molecule has 2 rings (SSSR count). The van der Waals surface area contributed by atoms with Crippen molar-refractivity contribution in [2.45, 2.75) is 44.1 Å². The number of hydrogen-bond donors (Lipinski definition) is 1. The van der Waals surface area contributed by atoms with Gasteiger partial charge in [0.2, 0.25) is 5.92 Å². The summed E-state index contributed by atoms with van der Waals surface area (Å²) in [5.74, 6) is -3.74. The van der Waals surface area contributed by atoms with E-state index in [0.717, 1.165) is 0 Å². The molecule has 20 heavy (non-hydrogen) atoms. The van der Waals surface area contributed by atoms with Crippen molar-refractivity contribution in [2.75, 3.05) is 7.11 Å². The van der Waals surface area contributed by atoms with Crippen LogP contribution in [-0.2, 0) is 11.3 Å². The van der Waals surface area contributed by atoms with E-state index in [4.69, 9.17) is 4.74 Å². The van der Waals surface area contributed by atoms with Crippen LogP contribution in [0, 0.1) is 0 Å². The lowest BCUT2D eigenvalue weighted by molar-refractivity contribution is -0.0382. The Morgan fingerprint density at radius 2 is 2.05 bits per heavy atom. The maximum atomic E-state index is 13.2. The molecule has 0 saturated heterocycles. The molecule has 1 N–H and O–H groups in total. The molecule has 1 aliphatic carbocycles. The van der Waals surface area contributed by atoms with E-state index in [0.29, 0.717) is 24.0 Å². The van der Waals surface area contributed by atoms with E-state index in [1.165, 1.54) is 7.11 Å². The van der Waals surface area contributed by atoms with Gasteiger partial charge in [-0.2, -0.15) is 0 Å². The maximum absolute atomic E-state index is 13.2. The Kier molecular flexibility index (Phi) is 4.38. The number of carboxylic acids is 1. The van der Waals surface area contributed by atoms with E-state index in [9.17, 15) is 18.7 Å². The molecule has 1 aliphatic rings. The topological polar surface area (TPSA) is 46.5 Å². The number of aromatic carboxylic acids is 1. The molecule has 0 amide bonds. The van der Waals surface area contributed by atoms with Gasteiger partial charge in [0.15, 0.2) is 0 Å². The van der Waals surface area contributed by atoms with E-state index < -0.39 is 11.9 Å². The lowest BCUT2D eigenvalue weighted by atomic mass is 9.79. The Morgan fingerprint density at radius 3 is 2.60 bits per heavy atom. The molecule has 1 saturated carbocycles. The molecule has 0 bridgehead atoms. The number of alkyl halides is 2. The largest absolute Gasteiger partial charge is 0.478 e. The first kappa shape index (κ1) is 14.9. The molecule has 0 heterocycles. The van der Waals surface area contributed by atoms with Gasteiger partial charge in [0.05, 0.1) is 12.2 Å². The summed E-state index contributed by atoms with van der Waals surface area (Å²) >= 11 is 0. The summed E-state index contributed by atoms with van der Waals surface area (Å²) in [5.41, 5.74) is 1.46. The van der Waals surface area contributed by atoms with Crippen LogP contribution in [0.1, 0.15) is 53.1 Å². The highest BCUT2D eigenvalue weighted by atomic mass is 19.3. The smallest absolute Gasteiger partial charge is 0.336 e. The first-order valence-electron chi connectivity index (χ1n) is 6.66. The zero-order valence-corrected chi connectivity index (χ0v) is 11.4. The molecule has 1 aromatic carbocycles. The van der Waals surface area contributed by atoms with Gasteiger partial charge in [0.25, 0.3) is 0 Å². The second kappa shape index (κ2) is 5.87. The quantitative estimate of drug-likeness (QED) is 0.914. The molecular formula is C15H18F2O3. The summed E-state index contributed by atoms with van der Waals surface area (Å²) in [6.07, 6.45) is 0.296. The second-order valence-corrected chi connectivity index (χ2v) is 5.25. The third-order valence-electron chi connectivity index (χ3n) is 3.85. The highest BCUT2D eigenvalue weighted by molar-refractivity contribution is 5.91. The third kappa shape index (κ3) is 3.15. The van der Waals surface area contributed by atoms with Crippen molar-refractivity contribution in [1.82, 2.24) is 0 Å². The number of carboxylic acid groups (broad SMARTS) is 1. The highest BCUT2D eigenvalue weighted by Crippen LogP contribution is 2.42. The first-order chi connectivity index (χ1) is 9.44. The maximum Gasteiger partial charge on any atom is 0.336 e. The summed E-state index contributed by atoms with van der Waals surface area (Å²) in [4.78, 5) is 11.5. The van der Waals surface area contributed by atoms with Crippen molar-refractivity contribution in [3.63, 3.8) is 0 Å². The fraction of sp³-hybridized carbons (Fsp3) is 0.533. The monoisotopic (exact) mass is 284 g/mol. The number of halogens is 2. The minimum Gasteiger partial charge on any atom is -0.478 e. The summed E-state index contributed by atoms with van der Waals surface area (Å²) in [6, 6.07) is 5.20. The van der Waals surface area contributed by atoms with Gasteiger partial charge in [-0.25, -0.2) is 13.6 Å². The van der Waals surface area contributed by atoms with Crippen LogP contribution in [0.5, 0.6) is 0 Å². The standard InChI is InChI=1S/C15H18F2O3/c1-20-9-11-3-2-4-12(13(11)14(18)19)10-5-7-15(16,17)8-6-10/h2-4,10H,5-9H2,1H3,(H,18,19). The van der Waals surface area contributed by atoms with Crippen molar-refractivity contribution in [2.24, 2.45) is 0 Å². The number of hydrogen-bond acceptors (Lipinski definition) is 2. The SMILES string of the molecule is COCc1cccc(C2CCC(F)(F)CC2)c1C(=O)O. The van der Waals surface area contributed by atoms with Gasteiger partial charge in [0.1, 0.15) is 0 Å². The molecule has 0 aliphatic heterocycles. The fourth-order valence-corrected chi connectivity index (χ4v) is 2.85. The van der Waals surface area contributed by atoms with E-state index in [1.807, 2.05) is 0 Å². The predicted molar refractivity (Wildman–Crippen MR) is 70.3 cm³/mol. The molecular weight excluding hydrogens is 266 g/mol. The normalized spacial score (nSPS) is 18.9. The number of methoxy groups -OCH3 is 1. The Morgan fingerprint density at radius 1 is 1.40 bits per heavy atom. The lowest BCUT2D eigenvalue weighted by Gasteiger charge is -2.29. The van der Waals surface area contributed by atoms with Gasteiger partial charge in [0, 0.05) is 20.0 Å². The van der Waals surface area contributed by atoms with Crippen LogP contribution in [-0.4, -0.2) is 24.1 Å². The highest BCUT2D eigenvalue weighted by Gasteiger charge is 2.36. The Hall–Kier alpha value is -1.49. The van der Waals surface area contributed by atoms with E-state index >= 15 is 0 Å². The Labute approximate surface area is 116 Å².